The van der Waals surface area contributed by atoms with Crippen molar-refractivity contribution in [2.24, 2.45) is 0 Å². The molecule has 1 atom stereocenters. The van der Waals surface area contributed by atoms with Gasteiger partial charge in [0.25, 0.3) is 0 Å². The summed E-state index contributed by atoms with van der Waals surface area (Å²) in [6, 6.07) is 14.2. The first kappa shape index (κ1) is 13.2. The van der Waals surface area contributed by atoms with Crippen molar-refractivity contribution in [3.8, 4) is 0 Å². The normalized spacial score (nSPS) is 12.7. The second kappa shape index (κ2) is 5.69. The zero-order valence-corrected chi connectivity index (χ0v) is 12.0. The second-order valence-corrected chi connectivity index (χ2v) is 5.78. The van der Waals surface area contributed by atoms with Gasteiger partial charge >= 0.3 is 0 Å². The molecule has 4 heteroatoms. The summed E-state index contributed by atoms with van der Waals surface area (Å²) >= 11 is 1.64. The van der Waals surface area contributed by atoms with Crippen LogP contribution in [0.25, 0.3) is 10.9 Å². The number of benzene rings is 1. The number of H-pyrrole nitrogens is 1. The number of nitrogens with zero attached hydrogens (tertiary/aromatic N) is 1. The predicted octanol–water partition coefficient (Wildman–Crippen LogP) is 4.16. The van der Waals surface area contributed by atoms with E-state index in [1.54, 1.807) is 11.8 Å². The van der Waals surface area contributed by atoms with Crippen molar-refractivity contribution in [3.05, 3.63) is 54.4 Å². The summed E-state index contributed by atoms with van der Waals surface area (Å²) in [5.41, 5.74) is 1.87. The van der Waals surface area contributed by atoms with E-state index in [9.17, 15) is 5.11 Å². The molecular formula is C16H16N2OS. The van der Waals surface area contributed by atoms with E-state index in [2.05, 4.69) is 28.2 Å². The molecule has 0 aliphatic rings. The summed E-state index contributed by atoms with van der Waals surface area (Å²) in [6.45, 7) is 1.94. The van der Waals surface area contributed by atoms with Crippen molar-refractivity contribution in [1.29, 1.82) is 0 Å². The molecule has 2 N–H and O–H groups in total. The van der Waals surface area contributed by atoms with Gasteiger partial charge in [0.2, 0.25) is 0 Å². The molecule has 0 aliphatic carbocycles. The van der Waals surface area contributed by atoms with Gasteiger partial charge in [-0.1, -0.05) is 36.9 Å². The van der Waals surface area contributed by atoms with Crippen molar-refractivity contribution in [2.45, 2.75) is 29.4 Å². The fourth-order valence-electron chi connectivity index (χ4n) is 2.09. The lowest BCUT2D eigenvalue weighted by molar-refractivity contribution is 0.169. The minimum absolute atomic E-state index is 0.470. The Morgan fingerprint density at radius 1 is 1.25 bits per heavy atom. The van der Waals surface area contributed by atoms with Crippen LogP contribution < -0.4 is 0 Å². The second-order valence-electron chi connectivity index (χ2n) is 4.67. The Morgan fingerprint density at radius 2 is 2.10 bits per heavy atom. The number of aliphatic hydroxyl groups is 1. The molecule has 2 aromatic heterocycles. The molecule has 3 aromatic rings. The summed E-state index contributed by atoms with van der Waals surface area (Å²) in [5.74, 6) is 0. The van der Waals surface area contributed by atoms with Gasteiger partial charge < -0.3 is 10.1 Å². The first-order valence-corrected chi connectivity index (χ1v) is 7.47. The molecule has 0 amide bonds. The summed E-state index contributed by atoms with van der Waals surface area (Å²) in [7, 11) is 0. The van der Waals surface area contributed by atoms with Crippen molar-refractivity contribution in [3.63, 3.8) is 0 Å². The van der Waals surface area contributed by atoms with Crippen LogP contribution >= 0.6 is 11.8 Å². The van der Waals surface area contributed by atoms with Gasteiger partial charge in [0, 0.05) is 22.0 Å². The fourth-order valence-corrected chi connectivity index (χ4v) is 2.93. The summed E-state index contributed by atoms with van der Waals surface area (Å²) in [6.07, 6.45) is 2.02. The Morgan fingerprint density at radius 3 is 2.80 bits per heavy atom. The largest absolute Gasteiger partial charge is 0.387 e. The highest BCUT2D eigenvalue weighted by Gasteiger charge is 2.07. The van der Waals surface area contributed by atoms with E-state index in [0.717, 1.165) is 21.1 Å². The quantitative estimate of drug-likeness (QED) is 0.756. The number of aliphatic hydroxyl groups excluding tert-OH is 1. The number of aromatic nitrogens is 2. The molecule has 0 saturated heterocycles. The Kier molecular flexibility index (Phi) is 3.76. The third-order valence-corrected chi connectivity index (χ3v) is 4.14. The van der Waals surface area contributed by atoms with E-state index < -0.39 is 6.10 Å². The van der Waals surface area contributed by atoms with Gasteiger partial charge in [0.1, 0.15) is 0 Å². The zero-order valence-electron chi connectivity index (χ0n) is 11.2. The lowest BCUT2D eigenvalue weighted by Gasteiger charge is -2.07. The first-order valence-electron chi connectivity index (χ1n) is 6.66. The van der Waals surface area contributed by atoms with Crippen LogP contribution in [-0.2, 0) is 0 Å². The topological polar surface area (TPSA) is 48.9 Å². The molecule has 3 rings (SSSR count). The molecule has 3 nitrogen and oxygen atoms in total. The molecule has 2 heterocycles. The highest BCUT2D eigenvalue weighted by atomic mass is 32.2. The third kappa shape index (κ3) is 2.71. The van der Waals surface area contributed by atoms with Crippen LogP contribution in [0.15, 0.2) is 58.6 Å². The Labute approximate surface area is 122 Å². The van der Waals surface area contributed by atoms with Crippen LogP contribution in [0.1, 0.15) is 25.1 Å². The molecule has 0 bridgehead atoms. The fraction of sp³-hybridized carbons (Fsp3) is 0.188. The smallest absolute Gasteiger partial charge is 0.0957 e. The van der Waals surface area contributed by atoms with Crippen LogP contribution in [0.4, 0.5) is 0 Å². The first-order chi connectivity index (χ1) is 9.76. The molecule has 102 valence electrons. The lowest BCUT2D eigenvalue weighted by Crippen LogP contribution is -1.97. The van der Waals surface area contributed by atoms with Crippen LogP contribution in [0.3, 0.4) is 0 Å². The van der Waals surface area contributed by atoms with Gasteiger partial charge in [-0.15, -0.1) is 0 Å². The number of fused-ring (bicyclic) bond motifs is 1. The minimum atomic E-state index is -0.470. The average Bonchev–Trinajstić information content (AvgIpc) is 2.89. The lowest BCUT2D eigenvalue weighted by atomic mass is 10.2. The zero-order chi connectivity index (χ0) is 13.9. The maximum Gasteiger partial charge on any atom is 0.0957 e. The molecule has 0 radical (unpaired) electrons. The van der Waals surface area contributed by atoms with Crippen LogP contribution in [0.5, 0.6) is 0 Å². The average molecular weight is 284 g/mol. The predicted molar refractivity (Wildman–Crippen MR) is 81.9 cm³/mol. The van der Waals surface area contributed by atoms with Gasteiger partial charge in [-0.2, -0.15) is 0 Å². The van der Waals surface area contributed by atoms with E-state index in [1.807, 2.05) is 37.4 Å². The Bertz CT molecular complexity index is 673. The van der Waals surface area contributed by atoms with E-state index in [1.165, 1.54) is 5.39 Å². The maximum atomic E-state index is 9.73. The number of hydrogen-bond acceptors (Lipinski definition) is 3. The summed E-state index contributed by atoms with van der Waals surface area (Å²) < 4.78 is 0. The number of para-hydroxylation sites is 1. The number of aromatic amines is 1. The van der Waals surface area contributed by atoms with E-state index in [0.29, 0.717) is 6.42 Å². The van der Waals surface area contributed by atoms with Gasteiger partial charge in [-0.05, 0) is 30.7 Å². The van der Waals surface area contributed by atoms with Crippen molar-refractivity contribution in [1.82, 2.24) is 9.97 Å². The van der Waals surface area contributed by atoms with Gasteiger partial charge in [-0.25, -0.2) is 0 Å². The van der Waals surface area contributed by atoms with Crippen molar-refractivity contribution >= 4 is 22.7 Å². The molecule has 0 saturated carbocycles. The van der Waals surface area contributed by atoms with Gasteiger partial charge in [0.15, 0.2) is 0 Å². The summed E-state index contributed by atoms with van der Waals surface area (Å²) in [4.78, 5) is 8.75. The highest BCUT2D eigenvalue weighted by Crippen LogP contribution is 2.29. The SMILES string of the molecule is CC[C@H](O)c1ccc(Sc2cc3ccccc3[nH]2)cn1. The molecule has 20 heavy (non-hydrogen) atoms. The Hall–Kier alpha value is -1.78. The molecule has 0 spiro atoms. The van der Waals surface area contributed by atoms with Crippen LogP contribution in [0.2, 0.25) is 0 Å². The van der Waals surface area contributed by atoms with Crippen LogP contribution in [-0.4, -0.2) is 15.1 Å². The van der Waals surface area contributed by atoms with E-state index >= 15 is 0 Å². The maximum absolute atomic E-state index is 9.73. The highest BCUT2D eigenvalue weighted by molar-refractivity contribution is 7.99. The number of nitrogens with one attached hydrogen (secondary N) is 1. The number of pyridine rings is 1. The monoisotopic (exact) mass is 284 g/mol. The molecule has 0 fully saturated rings. The van der Waals surface area contributed by atoms with Crippen molar-refractivity contribution in [2.75, 3.05) is 0 Å². The molecule has 1 aromatic carbocycles. The molecule has 0 unspecified atom stereocenters. The molecule has 0 aliphatic heterocycles. The number of rotatable bonds is 4. The standard InChI is InChI=1S/C16H16N2OS/c1-2-15(19)14-8-7-12(10-17-14)20-16-9-11-5-3-4-6-13(11)18-16/h3-10,15,18-19H,2H2,1H3/t15-/m0/s1. The number of hydrogen-bond donors (Lipinski definition) is 2. The van der Waals surface area contributed by atoms with Crippen LogP contribution in [0, 0.1) is 0 Å². The molecular weight excluding hydrogens is 268 g/mol. The Balaban J connectivity index is 1.80. The summed E-state index contributed by atoms with van der Waals surface area (Å²) in [5, 5.41) is 12.0. The minimum Gasteiger partial charge on any atom is -0.387 e. The van der Waals surface area contributed by atoms with Gasteiger partial charge in [0.05, 0.1) is 16.8 Å². The van der Waals surface area contributed by atoms with E-state index in [4.69, 9.17) is 0 Å². The van der Waals surface area contributed by atoms with Gasteiger partial charge in [-0.3, -0.25) is 4.98 Å². The van der Waals surface area contributed by atoms with E-state index in [-0.39, 0.29) is 0 Å². The van der Waals surface area contributed by atoms with Crippen molar-refractivity contribution < 1.29 is 5.11 Å². The third-order valence-electron chi connectivity index (χ3n) is 3.22.